The lowest BCUT2D eigenvalue weighted by molar-refractivity contribution is -0.248. The summed E-state index contributed by atoms with van der Waals surface area (Å²) in [7, 11) is -3.91. The highest BCUT2D eigenvalue weighted by Gasteiger charge is 2.55. The number of halogens is 5. The van der Waals surface area contributed by atoms with Gasteiger partial charge in [0.05, 0.1) is 11.8 Å². The molecule has 12 heteroatoms. The van der Waals surface area contributed by atoms with E-state index in [2.05, 4.69) is 4.98 Å². The minimum atomic E-state index is -4.81. The van der Waals surface area contributed by atoms with Crippen molar-refractivity contribution in [1.29, 1.82) is 0 Å². The van der Waals surface area contributed by atoms with Gasteiger partial charge in [0.15, 0.2) is 0 Å². The van der Waals surface area contributed by atoms with Crippen LogP contribution in [0.3, 0.4) is 0 Å². The number of sulfonamides is 1. The van der Waals surface area contributed by atoms with Gasteiger partial charge >= 0.3 is 6.18 Å². The molecule has 186 valence electrons. The lowest BCUT2D eigenvalue weighted by atomic mass is 9.95. The van der Waals surface area contributed by atoms with Gasteiger partial charge in [0.25, 0.3) is 5.91 Å². The Labute approximate surface area is 204 Å². The van der Waals surface area contributed by atoms with Gasteiger partial charge in [-0.1, -0.05) is 41.9 Å². The summed E-state index contributed by atoms with van der Waals surface area (Å²) in [5.41, 5.74) is -2.57. The fourth-order valence-corrected chi connectivity index (χ4v) is 3.92. The number of amides is 1. The standard InChI is InChI=1S/C23H19ClF4N2O4S/c1-13-9-17(20(31)30-35(3,32)33)19(25)11-16(13)14-10-18(24)21(29-12-14)34-22(2,23(26,27)28)15-7-5-4-6-8-15/h4-12H,1-3H3,(H,30,31)/t22-/m1/s1. The van der Waals surface area contributed by atoms with Crippen LogP contribution in [-0.2, 0) is 15.6 Å². The van der Waals surface area contributed by atoms with Crippen molar-refractivity contribution in [2.75, 3.05) is 6.26 Å². The first-order valence-corrected chi connectivity index (χ1v) is 12.2. The van der Waals surface area contributed by atoms with Crippen molar-refractivity contribution >= 4 is 27.5 Å². The van der Waals surface area contributed by atoms with E-state index in [1.807, 2.05) is 0 Å². The van der Waals surface area contributed by atoms with Crippen LogP contribution < -0.4 is 9.46 Å². The number of pyridine rings is 1. The average Bonchev–Trinajstić information content (AvgIpc) is 2.75. The zero-order valence-electron chi connectivity index (χ0n) is 18.6. The highest BCUT2D eigenvalue weighted by Crippen LogP contribution is 2.43. The number of nitrogens with one attached hydrogen (secondary N) is 1. The van der Waals surface area contributed by atoms with Crippen LogP contribution in [-0.4, -0.2) is 31.7 Å². The number of aromatic nitrogens is 1. The minimum absolute atomic E-state index is 0.157. The Balaban J connectivity index is 1.98. The third-order valence-corrected chi connectivity index (χ3v) is 5.95. The van der Waals surface area contributed by atoms with E-state index in [4.69, 9.17) is 16.3 Å². The van der Waals surface area contributed by atoms with Crippen LogP contribution in [0.5, 0.6) is 5.88 Å². The van der Waals surface area contributed by atoms with Gasteiger partial charge < -0.3 is 4.74 Å². The van der Waals surface area contributed by atoms with E-state index < -0.39 is 45.0 Å². The first-order valence-electron chi connectivity index (χ1n) is 9.92. The zero-order chi connectivity index (χ0) is 26.2. The van der Waals surface area contributed by atoms with Crippen molar-refractivity contribution in [2.24, 2.45) is 0 Å². The Kier molecular flexibility index (Phi) is 7.14. The van der Waals surface area contributed by atoms with Gasteiger partial charge in [0.2, 0.25) is 21.5 Å². The molecule has 0 fully saturated rings. The Morgan fingerprint density at radius 1 is 1.11 bits per heavy atom. The lowest BCUT2D eigenvalue weighted by Gasteiger charge is -2.32. The number of aryl methyl sites for hydroxylation is 1. The molecule has 1 amide bonds. The minimum Gasteiger partial charge on any atom is -0.456 e. The molecular formula is C23H19ClF4N2O4S. The largest absolute Gasteiger partial charge is 0.456 e. The van der Waals surface area contributed by atoms with Crippen molar-refractivity contribution in [1.82, 2.24) is 9.71 Å². The molecule has 0 saturated heterocycles. The van der Waals surface area contributed by atoms with Gasteiger partial charge in [-0.2, -0.15) is 13.2 Å². The summed E-state index contributed by atoms with van der Waals surface area (Å²) in [6.45, 7) is 2.38. The van der Waals surface area contributed by atoms with Crippen molar-refractivity contribution in [3.63, 3.8) is 0 Å². The number of ether oxygens (including phenoxy) is 1. The molecule has 1 N–H and O–H groups in total. The molecule has 0 aliphatic heterocycles. The van der Waals surface area contributed by atoms with Crippen LogP contribution in [0.25, 0.3) is 11.1 Å². The first-order chi connectivity index (χ1) is 16.1. The molecule has 3 aromatic rings. The number of hydrogen-bond acceptors (Lipinski definition) is 5. The summed E-state index contributed by atoms with van der Waals surface area (Å²) in [4.78, 5) is 16.0. The van der Waals surface area contributed by atoms with Crippen molar-refractivity contribution in [2.45, 2.75) is 25.6 Å². The molecule has 0 spiro atoms. The normalized spacial score (nSPS) is 13.7. The van der Waals surface area contributed by atoms with Crippen LogP contribution in [0.2, 0.25) is 5.02 Å². The zero-order valence-corrected chi connectivity index (χ0v) is 20.1. The number of rotatable bonds is 6. The Morgan fingerprint density at radius 2 is 1.74 bits per heavy atom. The predicted octanol–water partition coefficient (Wildman–Crippen LogP) is 5.40. The van der Waals surface area contributed by atoms with E-state index in [1.165, 1.54) is 37.3 Å². The maximum atomic E-state index is 14.6. The summed E-state index contributed by atoms with van der Waals surface area (Å²) in [6.07, 6.45) is -2.90. The highest BCUT2D eigenvalue weighted by atomic mass is 35.5. The van der Waals surface area contributed by atoms with Crippen molar-refractivity contribution < 1.29 is 35.5 Å². The van der Waals surface area contributed by atoms with Crippen LogP contribution in [0, 0.1) is 12.7 Å². The fourth-order valence-electron chi connectivity index (χ4n) is 3.27. The van der Waals surface area contributed by atoms with Gasteiger partial charge in [0, 0.05) is 17.3 Å². The maximum Gasteiger partial charge on any atom is 0.432 e. The number of carbonyl (C=O) groups is 1. The van der Waals surface area contributed by atoms with Gasteiger partial charge in [0.1, 0.15) is 10.8 Å². The van der Waals surface area contributed by atoms with Crippen LogP contribution >= 0.6 is 11.6 Å². The molecule has 35 heavy (non-hydrogen) atoms. The van der Waals surface area contributed by atoms with E-state index in [9.17, 15) is 30.8 Å². The number of alkyl halides is 3. The Bertz CT molecular complexity index is 1380. The molecule has 3 rings (SSSR count). The summed E-state index contributed by atoms with van der Waals surface area (Å²) < 4.78 is 85.9. The van der Waals surface area contributed by atoms with Crippen molar-refractivity contribution in [3.05, 3.63) is 82.3 Å². The van der Waals surface area contributed by atoms with Crippen LogP contribution in [0.4, 0.5) is 17.6 Å². The summed E-state index contributed by atoms with van der Waals surface area (Å²) in [6, 6.07) is 10.4. The van der Waals surface area contributed by atoms with Crippen LogP contribution in [0.15, 0.2) is 54.7 Å². The van der Waals surface area contributed by atoms with Gasteiger partial charge in [-0.25, -0.2) is 22.5 Å². The molecule has 1 atom stereocenters. The monoisotopic (exact) mass is 530 g/mol. The molecule has 0 radical (unpaired) electrons. The Morgan fingerprint density at radius 3 is 2.29 bits per heavy atom. The highest BCUT2D eigenvalue weighted by molar-refractivity contribution is 7.89. The predicted molar refractivity (Wildman–Crippen MR) is 122 cm³/mol. The molecule has 0 aliphatic carbocycles. The van der Waals surface area contributed by atoms with Gasteiger partial charge in [-0.15, -0.1) is 0 Å². The summed E-state index contributed by atoms with van der Waals surface area (Å²) in [5.74, 6) is -2.65. The van der Waals surface area contributed by atoms with E-state index in [0.29, 0.717) is 5.56 Å². The average molecular weight is 531 g/mol. The van der Waals surface area contributed by atoms with E-state index in [0.717, 1.165) is 31.5 Å². The molecule has 0 saturated carbocycles. The number of benzene rings is 2. The summed E-state index contributed by atoms with van der Waals surface area (Å²) in [5, 5.41) is -0.257. The second-order valence-corrected chi connectivity index (χ2v) is 10.0. The SMILES string of the molecule is Cc1cc(C(=O)NS(C)(=O)=O)c(F)cc1-c1cnc(O[C@](C)(c2ccccc2)C(F)(F)F)c(Cl)c1. The quantitative estimate of drug-likeness (QED) is 0.432. The molecular weight excluding hydrogens is 512 g/mol. The number of nitrogens with zero attached hydrogens (tertiary/aromatic N) is 1. The lowest BCUT2D eigenvalue weighted by Crippen LogP contribution is -2.45. The first kappa shape index (κ1) is 26.4. The summed E-state index contributed by atoms with van der Waals surface area (Å²) >= 11 is 6.19. The van der Waals surface area contributed by atoms with Crippen LogP contribution in [0.1, 0.15) is 28.4 Å². The maximum absolute atomic E-state index is 14.6. The molecule has 0 aliphatic rings. The fraction of sp³-hybridized carbons (Fsp3) is 0.217. The van der Waals surface area contributed by atoms with Crippen molar-refractivity contribution in [3.8, 4) is 17.0 Å². The number of carbonyl (C=O) groups excluding carboxylic acids is 1. The molecule has 1 aromatic heterocycles. The van der Waals surface area contributed by atoms with E-state index in [-0.39, 0.29) is 21.7 Å². The Hall–Kier alpha value is -3.18. The molecule has 6 nitrogen and oxygen atoms in total. The number of hydrogen-bond donors (Lipinski definition) is 1. The molecule has 0 unspecified atom stereocenters. The van der Waals surface area contributed by atoms with E-state index >= 15 is 0 Å². The second kappa shape index (κ2) is 9.46. The van der Waals surface area contributed by atoms with E-state index in [1.54, 1.807) is 10.8 Å². The molecule has 2 aromatic carbocycles. The van der Waals surface area contributed by atoms with Gasteiger partial charge in [-0.3, -0.25) is 4.79 Å². The topological polar surface area (TPSA) is 85.4 Å². The smallest absolute Gasteiger partial charge is 0.432 e. The third kappa shape index (κ3) is 5.73. The third-order valence-electron chi connectivity index (χ3n) is 5.12. The second-order valence-electron chi connectivity index (χ2n) is 7.86. The van der Waals surface area contributed by atoms with Gasteiger partial charge in [-0.05, 0) is 43.2 Å². The molecule has 0 bridgehead atoms. The molecule has 1 heterocycles.